The fourth-order valence-corrected chi connectivity index (χ4v) is 4.74. The molecule has 10 heteroatoms. The molecule has 1 aromatic rings. The Kier molecular flexibility index (Phi) is 6.67. The van der Waals surface area contributed by atoms with Crippen molar-refractivity contribution in [2.45, 2.75) is 56.1 Å². The number of carbonyl (C=O) groups excluding carboxylic acids is 1. The van der Waals surface area contributed by atoms with Crippen LogP contribution in [0.15, 0.2) is 10.6 Å². The molecule has 1 amide bonds. The summed E-state index contributed by atoms with van der Waals surface area (Å²) in [5.41, 5.74) is -0.421. The highest BCUT2D eigenvalue weighted by Crippen LogP contribution is 2.30. The van der Waals surface area contributed by atoms with Gasteiger partial charge in [0.2, 0.25) is 11.8 Å². The molecule has 154 valence electrons. The molecule has 1 aromatic heterocycles. The minimum atomic E-state index is -3.72. The van der Waals surface area contributed by atoms with Gasteiger partial charge >= 0.3 is 0 Å². The predicted octanol–water partition coefficient (Wildman–Crippen LogP) is 1.23. The molecule has 2 N–H and O–H groups in total. The SMILES string of the molecule is CC(C)(OCCO)c1cc(NC(=O)C(C)(C)S(=O)(=O)C2CCOCC2)on1. The number of aliphatic hydroxyl groups is 1. The Labute approximate surface area is 159 Å². The molecule has 1 aliphatic rings. The van der Waals surface area contributed by atoms with Crippen LogP contribution in [0.1, 0.15) is 46.2 Å². The summed E-state index contributed by atoms with van der Waals surface area (Å²) in [5, 5.41) is 14.6. The van der Waals surface area contributed by atoms with Crippen LogP contribution in [0.4, 0.5) is 5.88 Å². The fraction of sp³-hybridized carbons (Fsp3) is 0.765. The molecule has 0 bridgehead atoms. The first-order valence-electron chi connectivity index (χ1n) is 8.87. The smallest absolute Gasteiger partial charge is 0.247 e. The first-order chi connectivity index (χ1) is 12.5. The van der Waals surface area contributed by atoms with Crippen LogP contribution in [0.3, 0.4) is 0 Å². The zero-order valence-electron chi connectivity index (χ0n) is 16.1. The van der Waals surface area contributed by atoms with Gasteiger partial charge in [-0.15, -0.1) is 0 Å². The van der Waals surface area contributed by atoms with Gasteiger partial charge in [-0.2, -0.15) is 0 Å². The Morgan fingerprint density at radius 1 is 1.33 bits per heavy atom. The van der Waals surface area contributed by atoms with E-state index in [0.717, 1.165) is 0 Å². The summed E-state index contributed by atoms with van der Waals surface area (Å²) in [6, 6.07) is 1.48. The van der Waals surface area contributed by atoms with Gasteiger partial charge in [-0.05, 0) is 40.5 Å². The molecule has 1 fully saturated rings. The number of aliphatic hydroxyl groups excluding tert-OH is 1. The van der Waals surface area contributed by atoms with Crippen molar-refractivity contribution >= 4 is 21.6 Å². The summed E-state index contributed by atoms with van der Waals surface area (Å²) < 4.78 is 40.0. The van der Waals surface area contributed by atoms with Crippen molar-refractivity contribution in [2.75, 3.05) is 31.7 Å². The van der Waals surface area contributed by atoms with Crippen LogP contribution < -0.4 is 5.32 Å². The van der Waals surface area contributed by atoms with Crippen LogP contribution in [0.2, 0.25) is 0 Å². The summed E-state index contributed by atoms with van der Waals surface area (Å²) in [7, 11) is -3.72. The molecule has 2 heterocycles. The number of nitrogens with zero attached hydrogens (tertiary/aromatic N) is 1. The summed E-state index contributed by atoms with van der Waals surface area (Å²) in [6.07, 6.45) is 0.754. The van der Waals surface area contributed by atoms with Gasteiger partial charge in [0.15, 0.2) is 9.84 Å². The quantitative estimate of drug-likeness (QED) is 0.662. The lowest BCUT2D eigenvalue weighted by atomic mass is 10.1. The lowest BCUT2D eigenvalue weighted by molar-refractivity contribution is -0.118. The highest BCUT2D eigenvalue weighted by molar-refractivity contribution is 7.94. The average molecular weight is 404 g/mol. The maximum Gasteiger partial charge on any atom is 0.247 e. The number of amides is 1. The Bertz CT molecular complexity index is 749. The van der Waals surface area contributed by atoms with Crippen molar-refractivity contribution in [1.29, 1.82) is 0 Å². The highest BCUT2D eigenvalue weighted by atomic mass is 32.2. The maximum absolute atomic E-state index is 12.9. The molecule has 0 aliphatic carbocycles. The number of carbonyl (C=O) groups is 1. The normalized spacial score (nSPS) is 17.1. The number of sulfone groups is 1. The summed E-state index contributed by atoms with van der Waals surface area (Å²) in [4.78, 5) is 12.7. The maximum atomic E-state index is 12.9. The molecule has 0 saturated carbocycles. The third kappa shape index (κ3) is 4.68. The van der Waals surface area contributed by atoms with Gasteiger partial charge in [-0.1, -0.05) is 5.16 Å². The van der Waals surface area contributed by atoms with Crippen molar-refractivity contribution in [3.63, 3.8) is 0 Å². The van der Waals surface area contributed by atoms with Crippen molar-refractivity contribution in [3.05, 3.63) is 11.8 Å². The van der Waals surface area contributed by atoms with Crippen LogP contribution in [0.25, 0.3) is 0 Å². The number of ether oxygens (including phenoxy) is 2. The van der Waals surface area contributed by atoms with E-state index in [1.54, 1.807) is 13.8 Å². The van der Waals surface area contributed by atoms with E-state index in [9.17, 15) is 13.2 Å². The molecular formula is C17H28N2O7S. The third-order valence-corrected chi connectivity index (χ3v) is 7.74. The van der Waals surface area contributed by atoms with E-state index in [-0.39, 0.29) is 19.1 Å². The van der Waals surface area contributed by atoms with Crippen LogP contribution in [-0.2, 0) is 29.7 Å². The van der Waals surface area contributed by atoms with Gasteiger partial charge in [-0.3, -0.25) is 10.1 Å². The van der Waals surface area contributed by atoms with Crippen molar-refractivity contribution in [1.82, 2.24) is 5.16 Å². The summed E-state index contributed by atoms with van der Waals surface area (Å²) >= 11 is 0. The molecule has 0 aromatic carbocycles. The minimum absolute atomic E-state index is 0.0333. The lowest BCUT2D eigenvalue weighted by Crippen LogP contribution is -2.50. The van der Waals surface area contributed by atoms with E-state index in [0.29, 0.717) is 31.7 Å². The third-order valence-electron chi connectivity index (χ3n) is 4.78. The van der Waals surface area contributed by atoms with E-state index in [1.807, 2.05) is 0 Å². The van der Waals surface area contributed by atoms with Crippen LogP contribution >= 0.6 is 0 Å². The summed E-state index contributed by atoms with van der Waals surface area (Å²) in [5.74, 6) is -0.656. The second-order valence-corrected chi connectivity index (χ2v) is 10.3. The monoisotopic (exact) mass is 404 g/mol. The topological polar surface area (TPSA) is 128 Å². The minimum Gasteiger partial charge on any atom is -0.394 e. The molecule has 0 radical (unpaired) electrons. The van der Waals surface area contributed by atoms with Gasteiger partial charge in [0.1, 0.15) is 16.0 Å². The Hall–Kier alpha value is -1.49. The molecule has 9 nitrogen and oxygen atoms in total. The van der Waals surface area contributed by atoms with Crippen LogP contribution in [-0.4, -0.2) is 61.0 Å². The number of hydrogen-bond acceptors (Lipinski definition) is 8. The molecule has 0 atom stereocenters. The molecule has 1 saturated heterocycles. The summed E-state index contributed by atoms with van der Waals surface area (Å²) in [6.45, 7) is 6.99. The molecule has 27 heavy (non-hydrogen) atoms. The zero-order valence-corrected chi connectivity index (χ0v) is 17.0. The van der Waals surface area contributed by atoms with Crippen molar-refractivity contribution in [3.8, 4) is 0 Å². The average Bonchev–Trinajstić information content (AvgIpc) is 3.10. The largest absolute Gasteiger partial charge is 0.394 e. The number of hydrogen-bond donors (Lipinski definition) is 2. The van der Waals surface area contributed by atoms with E-state index >= 15 is 0 Å². The van der Waals surface area contributed by atoms with Crippen LogP contribution in [0.5, 0.6) is 0 Å². The molecule has 2 rings (SSSR count). The molecule has 1 aliphatic heterocycles. The molecular weight excluding hydrogens is 376 g/mol. The zero-order chi connectivity index (χ0) is 20.3. The highest BCUT2D eigenvalue weighted by Gasteiger charge is 2.47. The second kappa shape index (κ2) is 8.26. The lowest BCUT2D eigenvalue weighted by Gasteiger charge is -2.30. The first kappa shape index (κ1) is 21.8. The van der Waals surface area contributed by atoms with Gasteiger partial charge in [0.25, 0.3) is 0 Å². The van der Waals surface area contributed by atoms with Gasteiger partial charge < -0.3 is 19.1 Å². The van der Waals surface area contributed by atoms with E-state index in [2.05, 4.69) is 10.5 Å². The second-order valence-electron chi connectivity index (χ2n) is 7.48. The van der Waals surface area contributed by atoms with E-state index in [4.69, 9.17) is 19.1 Å². The van der Waals surface area contributed by atoms with E-state index in [1.165, 1.54) is 19.9 Å². The Morgan fingerprint density at radius 2 is 1.96 bits per heavy atom. The molecule has 0 spiro atoms. The van der Waals surface area contributed by atoms with Crippen molar-refractivity contribution < 1.29 is 32.3 Å². The number of rotatable bonds is 8. The van der Waals surface area contributed by atoms with Gasteiger partial charge in [0.05, 0.1) is 18.5 Å². The fourth-order valence-electron chi connectivity index (χ4n) is 2.79. The first-order valence-corrected chi connectivity index (χ1v) is 10.4. The molecule has 0 unspecified atom stereocenters. The van der Waals surface area contributed by atoms with Crippen molar-refractivity contribution in [2.24, 2.45) is 0 Å². The van der Waals surface area contributed by atoms with Crippen LogP contribution in [0, 0.1) is 0 Å². The number of anilines is 1. The standard InChI is InChI=1S/C17H28N2O7S/c1-16(2,25-10-7-20)13-11-14(26-19-13)18-15(21)17(3,4)27(22,23)12-5-8-24-9-6-12/h11-12,20H,5-10H2,1-4H3,(H,18,21). The number of nitrogens with one attached hydrogen (secondary N) is 1. The predicted molar refractivity (Wildman–Crippen MR) is 98.0 cm³/mol. The van der Waals surface area contributed by atoms with Gasteiger partial charge in [-0.25, -0.2) is 8.42 Å². The Morgan fingerprint density at radius 3 is 2.56 bits per heavy atom. The van der Waals surface area contributed by atoms with Gasteiger partial charge in [0, 0.05) is 19.3 Å². The van der Waals surface area contributed by atoms with E-state index < -0.39 is 31.3 Å². The Balaban J connectivity index is 2.12. The number of aromatic nitrogens is 1.